The Hall–Kier alpha value is -3.57. The van der Waals surface area contributed by atoms with Crippen molar-refractivity contribution in [2.24, 2.45) is 5.92 Å². The molecule has 4 atom stereocenters. The lowest BCUT2D eigenvalue weighted by molar-refractivity contribution is -0.143. The topological polar surface area (TPSA) is 59.6 Å². The van der Waals surface area contributed by atoms with Gasteiger partial charge in [0.25, 0.3) is 0 Å². The largest absolute Gasteiger partial charge is 0.497 e. The van der Waals surface area contributed by atoms with Crippen molar-refractivity contribution in [3.05, 3.63) is 101 Å². The van der Waals surface area contributed by atoms with Gasteiger partial charge in [-0.25, -0.2) is 0 Å². The molecule has 2 bridgehead atoms. The fourth-order valence-corrected chi connectivity index (χ4v) is 6.04. The molecule has 5 rings (SSSR count). The SMILES string of the molecule is COc1ccc(CNC(=O)C2CC3(c4ccccc4)NC2CCC3OCc2cc(C(F)(F)F)cc(C(F)(F)F)c2)cc1. The second kappa shape index (κ2) is 11.6. The van der Waals surface area contributed by atoms with Crippen molar-refractivity contribution in [3.63, 3.8) is 0 Å². The lowest BCUT2D eigenvalue weighted by Gasteiger charge is -2.42. The maximum Gasteiger partial charge on any atom is 0.416 e. The van der Waals surface area contributed by atoms with Crippen molar-refractivity contribution in [2.45, 2.75) is 62.5 Å². The van der Waals surface area contributed by atoms with Crippen molar-refractivity contribution in [3.8, 4) is 5.75 Å². The summed E-state index contributed by atoms with van der Waals surface area (Å²) in [5.41, 5.74) is -2.10. The zero-order valence-corrected chi connectivity index (χ0v) is 22.7. The summed E-state index contributed by atoms with van der Waals surface area (Å²) in [7, 11) is 1.57. The number of carbonyl (C=O) groups excluding carboxylic acids is 1. The Morgan fingerprint density at radius 1 is 0.905 bits per heavy atom. The lowest BCUT2D eigenvalue weighted by Crippen LogP contribution is -2.54. The lowest BCUT2D eigenvalue weighted by atomic mass is 9.80. The van der Waals surface area contributed by atoms with Gasteiger partial charge in [-0.15, -0.1) is 0 Å². The number of halogens is 6. The highest BCUT2D eigenvalue weighted by atomic mass is 19.4. The van der Waals surface area contributed by atoms with Gasteiger partial charge in [-0.05, 0) is 66.3 Å². The van der Waals surface area contributed by atoms with Gasteiger partial charge in [0.2, 0.25) is 5.91 Å². The number of hydrogen-bond donors (Lipinski definition) is 2. The Bertz CT molecular complexity index is 1360. The maximum atomic E-state index is 13.4. The predicted molar refractivity (Wildman–Crippen MR) is 142 cm³/mol. The summed E-state index contributed by atoms with van der Waals surface area (Å²) < 4.78 is 91.7. The standard InChI is InChI=1S/C31H30F6N2O3/c1-41-24-9-7-19(8-10-24)17-38-28(40)25-16-29(21-5-3-2-4-6-21)27(12-11-26(25)39-29)42-18-20-13-22(30(32,33)34)15-23(14-20)31(35,36)37/h2-10,13-15,25-27,39H,11-12,16-18H2,1H3,(H,38,40). The second-order valence-electron chi connectivity index (χ2n) is 10.8. The number of alkyl halides is 6. The first-order valence-corrected chi connectivity index (χ1v) is 13.5. The van der Waals surface area contributed by atoms with Gasteiger partial charge < -0.3 is 20.1 Å². The average molecular weight is 593 g/mol. The minimum atomic E-state index is -4.95. The number of piperidine rings is 1. The molecule has 224 valence electrons. The molecular weight excluding hydrogens is 562 g/mol. The first kappa shape index (κ1) is 29.9. The van der Waals surface area contributed by atoms with E-state index in [0.717, 1.165) is 11.1 Å². The van der Waals surface area contributed by atoms with E-state index >= 15 is 0 Å². The predicted octanol–water partition coefficient (Wildman–Crippen LogP) is 6.60. The maximum absolute atomic E-state index is 13.4. The van der Waals surface area contributed by atoms with Crippen molar-refractivity contribution in [2.75, 3.05) is 7.11 Å². The third kappa shape index (κ3) is 6.27. The number of hydrogen-bond acceptors (Lipinski definition) is 4. The van der Waals surface area contributed by atoms with E-state index in [-0.39, 0.29) is 23.6 Å². The molecule has 2 fully saturated rings. The number of amides is 1. The first-order valence-electron chi connectivity index (χ1n) is 13.5. The van der Waals surface area contributed by atoms with Gasteiger partial charge in [0.15, 0.2) is 0 Å². The van der Waals surface area contributed by atoms with E-state index < -0.39 is 47.6 Å². The molecule has 3 aromatic carbocycles. The molecule has 42 heavy (non-hydrogen) atoms. The number of benzene rings is 3. The van der Waals surface area contributed by atoms with Gasteiger partial charge in [-0.2, -0.15) is 26.3 Å². The third-order valence-corrected chi connectivity index (χ3v) is 8.11. The third-order valence-electron chi connectivity index (χ3n) is 8.11. The van der Waals surface area contributed by atoms with E-state index in [4.69, 9.17) is 9.47 Å². The molecule has 11 heteroatoms. The van der Waals surface area contributed by atoms with Crippen LogP contribution >= 0.6 is 0 Å². The summed E-state index contributed by atoms with van der Waals surface area (Å²) in [5.74, 6) is 0.145. The molecule has 2 aliphatic rings. The van der Waals surface area contributed by atoms with E-state index in [1.54, 1.807) is 19.2 Å². The summed E-state index contributed by atoms with van der Waals surface area (Å²) in [6, 6.07) is 17.9. The summed E-state index contributed by atoms with van der Waals surface area (Å²) >= 11 is 0. The van der Waals surface area contributed by atoms with Gasteiger partial charge in [-0.3, -0.25) is 4.79 Å². The number of methoxy groups -OCH3 is 1. The van der Waals surface area contributed by atoms with Crippen LogP contribution < -0.4 is 15.4 Å². The molecule has 0 aliphatic carbocycles. The number of fused-ring (bicyclic) bond motifs is 2. The van der Waals surface area contributed by atoms with Gasteiger partial charge in [0.1, 0.15) is 5.75 Å². The molecule has 0 saturated carbocycles. The van der Waals surface area contributed by atoms with Gasteiger partial charge in [0.05, 0.1) is 42.4 Å². The number of ether oxygens (including phenoxy) is 2. The highest BCUT2D eigenvalue weighted by Crippen LogP contribution is 2.48. The van der Waals surface area contributed by atoms with Crippen LogP contribution in [0.15, 0.2) is 72.8 Å². The fourth-order valence-electron chi connectivity index (χ4n) is 6.04. The van der Waals surface area contributed by atoms with Crippen LogP contribution in [0.4, 0.5) is 26.3 Å². The van der Waals surface area contributed by atoms with E-state index in [1.165, 1.54) is 0 Å². The first-order chi connectivity index (χ1) is 19.9. The average Bonchev–Trinajstić information content (AvgIpc) is 3.29. The molecule has 1 amide bonds. The van der Waals surface area contributed by atoms with Crippen molar-refractivity contribution < 1.29 is 40.6 Å². The molecule has 2 heterocycles. The molecular formula is C31H30F6N2O3. The smallest absolute Gasteiger partial charge is 0.416 e. The van der Waals surface area contributed by atoms with Crippen LogP contribution in [-0.4, -0.2) is 25.2 Å². The van der Waals surface area contributed by atoms with Crippen LogP contribution in [0.3, 0.4) is 0 Å². The Labute approximate surface area is 239 Å². The van der Waals surface area contributed by atoms with Crippen LogP contribution in [0.2, 0.25) is 0 Å². The Balaban J connectivity index is 1.36. The van der Waals surface area contributed by atoms with Gasteiger partial charge >= 0.3 is 12.4 Å². The van der Waals surface area contributed by atoms with E-state index in [9.17, 15) is 31.1 Å². The fraction of sp³-hybridized carbons (Fsp3) is 0.387. The van der Waals surface area contributed by atoms with Gasteiger partial charge in [-0.1, -0.05) is 42.5 Å². The van der Waals surface area contributed by atoms with Crippen molar-refractivity contribution >= 4 is 5.91 Å². The molecule has 0 aromatic heterocycles. The number of rotatable bonds is 8. The molecule has 0 radical (unpaired) electrons. The van der Waals surface area contributed by atoms with Crippen LogP contribution in [0.25, 0.3) is 0 Å². The summed E-state index contributed by atoms with van der Waals surface area (Å²) in [5, 5.41) is 6.56. The Morgan fingerprint density at radius 2 is 1.55 bits per heavy atom. The molecule has 5 nitrogen and oxygen atoms in total. The minimum absolute atomic E-state index is 0.105. The zero-order chi connectivity index (χ0) is 30.1. The highest BCUT2D eigenvalue weighted by molar-refractivity contribution is 5.80. The zero-order valence-electron chi connectivity index (χ0n) is 22.7. The number of carbonyl (C=O) groups is 1. The summed E-state index contributed by atoms with van der Waals surface area (Å²) in [4.78, 5) is 13.4. The highest BCUT2D eigenvalue weighted by Gasteiger charge is 2.56. The van der Waals surface area contributed by atoms with Crippen LogP contribution in [0, 0.1) is 5.92 Å². The second-order valence-corrected chi connectivity index (χ2v) is 10.8. The molecule has 0 spiro atoms. The molecule has 3 aromatic rings. The quantitative estimate of drug-likeness (QED) is 0.290. The monoisotopic (exact) mass is 592 g/mol. The van der Waals surface area contributed by atoms with Crippen molar-refractivity contribution in [1.29, 1.82) is 0 Å². The summed E-state index contributed by atoms with van der Waals surface area (Å²) in [6.45, 7) is -0.131. The van der Waals surface area contributed by atoms with Crippen LogP contribution in [-0.2, 0) is 40.6 Å². The Morgan fingerprint density at radius 3 is 2.14 bits per heavy atom. The molecule has 2 aliphatic heterocycles. The van der Waals surface area contributed by atoms with E-state index in [2.05, 4.69) is 10.6 Å². The van der Waals surface area contributed by atoms with E-state index in [0.29, 0.717) is 43.7 Å². The molecule has 2 saturated heterocycles. The molecule has 2 N–H and O–H groups in total. The van der Waals surface area contributed by atoms with Crippen LogP contribution in [0.1, 0.15) is 47.1 Å². The van der Waals surface area contributed by atoms with Gasteiger partial charge in [0, 0.05) is 12.6 Å². The molecule has 4 unspecified atom stereocenters. The summed E-state index contributed by atoms with van der Waals surface area (Å²) in [6.07, 6.45) is -9.11. The number of nitrogens with one attached hydrogen (secondary N) is 2. The van der Waals surface area contributed by atoms with Crippen molar-refractivity contribution in [1.82, 2.24) is 10.6 Å². The van der Waals surface area contributed by atoms with E-state index in [1.807, 2.05) is 42.5 Å². The Kier molecular flexibility index (Phi) is 8.26. The van der Waals surface area contributed by atoms with Crippen LogP contribution in [0.5, 0.6) is 5.75 Å². The minimum Gasteiger partial charge on any atom is -0.497 e. The normalized spacial score (nSPS) is 23.9.